The average Bonchev–Trinajstić information content (AvgIpc) is 2.20. The smallest absolute Gasteiger partial charge is 0.357 e. The molecule has 0 amide bonds. The molecule has 1 heterocycles. The average molecular weight is 280 g/mol. The molecular weight excluding hydrogens is 272 g/mol. The van der Waals surface area contributed by atoms with Crippen LogP contribution in [0.4, 0.5) is 8.78 Å². The van der Waals surface area contributed by atoms with Crippen LogP contribution in [-0.2, 0) is 4.74 Å². The zero-order chi connectivity index (χ0) is 11.6. The number of methoxy groups -OCH3 is 1. The van der Waals surface area contributed by atoms with E-state index in [1.807, 2.05) is 0 Å². The summed E-state index contributed by atoms with van der Waals surface area (Å²) in [6.45, 7) is 1.60. The van der Waals surface area contributed by atoms with Crippen LogP contribution in [0, 0.1) is 6.92 Å². The van der Waals surface area contributed by atoms with Crippen LogP contribution in [0.5, 0.6) is 0 Å². The Morgan fingerprint density at radius 3 is 2.67 bits per heavy atom. The fourth-order valence-corrected chi connectivity index (χ4v) is 1.39. The highest BCUT2D eigenvalue weighted by atomic mass is 79.9. The maximum atomic E-state index is 12.4. The molecule has 0 saturated heterocycles. The van der Waals surface area contributed by atoms with Crippen LogP contribution in [0.3, 0.4) is 0 Å². The molecule has 1 rings (SSSR count). The van der Waals surface area contributed by atoms with E-state index in [2.05, 4.69) is 25.7 Å². The first-order valence-electron chi connectivity index (χ1n) is 4.01. The van der Waals surface area contributed by atoms with E-state index < -0.39 is 18.1 Å². The van der Waals surface area contributed by atoms with Gasteiger partial charge in [-0.15, -0.1) is 0 Å². The molecule has 0 aromatic carbocycles. The lowest BCUT2D eigenvalue weighted by Crippen LogP contribution is -2.08. The van der Waals surface area contributed by atoms with Crippen molar-refractivity contribution in [2.75, 3.05) is 7.11 Å². The van der Waals surface area contributed by atoms with E-state index in [1.165, 1.54) is 13.2 Å². The highest BCUT2D eigenvalue weighted by molar-refractivity contribution is 9.10. The van der Waals surface area contributed by atoms with Gasteiger partial charge in [-0.25, -0.2) is 18.6 Å². The first-order valence-corrected chi connectivity index (χ1v) is 4.80. The third-order valence-corrected chi connectivity index (χ3v) is 2.76. The highest BCUT2D eigenvalue weighted by Gasteiger charge is 2.19. The number of hydrogen-bond acceptors (Lipinski definition) is 3. The summed E-state index contributed by atoms with van der Waals surface area (Å²) in [5.74, 6) is -0.743. The summed E-state index contributed by atoms with van der Waals surface area (Å²) in [5.41, 5.74) is -0.0513. The Bertz CT molecular complexity index is 396. The van der Waals surface area contributed by atoms with E-state index in [9.17, 15) is 13.6 Å². The zero-order valence-corrected chi connectivity index (χ0v) is 9.64. The van der Waals surface area contributed by atoms with E-state index >= 15 is 0 Å². The number of aromatic nitrogens is 1. The number of halogens is 3. The summed E-state index contributed by atoms with van der Waals surface area (Å²) in [4.78, 5) is 14.7. The van der Waals surface area contributed by atoms with Crippen LogP contribution in [0.1, 0.15) is 28.2 Å². The summed E-state index contributed by atoms with van der Waals surface area (Å²) in [6.07, 6.45) is -2.71. The minimum Gasteiger partial charge on any atom is -0.464 e. The molecule has 0 atom stereocenters. The Labute approximate surface area is 93.6 Å². The van der Waals surface area contributed by atoms with Crippen molar-refractivity contribution in [1.82, 2.24) is 4.98 Å². The van der Waals surface area contributed by atoms with Crippen LogP contribution in [-0.4, -0.2) is 18.1 Å². The van der Waals surface area contributed by atoms with Crippen molar-refractivity contribution in [2.24, 2.45) is 0 Å². The number of hydrogen-bond donors (Lipinski definition) is 0. The molecule has 0 bridgehead atoms. The van der Waals surface area contributed by atoms with E-state index in [-0.39, 0.29) is 5.69 Å². The number of aryl methyl sites for hydroxylation is 1. The maximum absolute atomic E-state index is 12.4. The Morgan fingerprint density at radius 1 is 1.60 bits per heavy atom. The van der Waals surface area contributed by atoms with Crippen LogP contribution < -0.4 is 0 Å². The van der Waals surface area contributed by atoms with Gasteiger partial charge < -0.3 is 4.74 Å². The molecule has 6 heteroatoms. The Kier molecular flexibility index (Phi) is 3.73. The van der Waals surface area contributed by atoms with E-state index in [4.69, 9.17) is 0 Å². The Hall–Kier alpha value is -1.04. The third kappa shape index (κ3) is 2.50. The number of alkyl halides is 2. The van der Waals surface area contributed by atoms with Crippen LogP contribution in [0.25, 0.3) is 0 Å². The summed E-state index contributed by atoms with van der Waals surface area (Å²) in [6, 6.07) is 1.22. The molecule has 0 N–H and O–H groups in total. The molecule has 82 valence electrons. The minimum absolute atomic E-state index is 0.132. The van der Waals surface area contributed by atoms with Gasteiger partial charge in [0.15, 0.2) is 5.69 Å². The van der Waals surface area contributed by atoms with Crippen molar-refractivity contribution in [3.8, 4) is 0 Å². The highest BCUT2D eigenvalue weighted by Crippen LogP contribution is 2.25. The molecule has 1 aromatic rings. The molecule has 0 spiro atoms. The van der Waals surface area contributed by atoms with Crippen molar-refractivity contribution in [3.63, 3.8) is 0 Å². The van der Waals surface area contributed by atoms with Gasteiger partial charge in [-0.05, 0) is 34.5 Å². The second kappa shape index (κ2) is 4.65. The van der Waals surface area contributed by atoms with Gasteiger partial charge in [0.2, 0.25) is 0 Å². The van der Waals surface area contributed by atoms with Gasteiger partial charge >= 0.3 is 5.97 Å². The number of carbonyl (C=O) groups excluding carboxylic acids is 1. The lowest BCUT2D eigenvalue weighted by Gasteiger charge is -2.07. The SMILES string of the molecule is COC(=O)c1nc(C(F)F)cc(C)c1Br. The largest absolute Gasteiger partial charge is 0.464 e. The second-order valence-corrected chi connectivity index (χ2v) is 3.61. The predicted octanol–water partition coefficient (Wildman–Crippen LogP) is 2.88. The number of ether oxygens (including phenoxy) is 1. The summed E-state index contributed by atoms with van der Waals surface area (Å²) >= 11 is 3.10. The van der Waals surface area contributed by atoms with Gasteiger partial charge in [-0.3, -0.25) is 0 Å². The summed E-state index contributed by atoms with van der Waals surface area (Å²) in [5, 5.41) is 0. The Balaban J connectivity index is 3.31. The lowest BCUT2D eigenvalue weighted by atomic mass is 10.2. The van der Waals surface area contributed by atoms with Crippen LogP contribution in [0.15, 0.2) is 10.5 Å². The molecular formula is C9H8BrF2NO2. The van der Waals surface area contributed by atoms with Gasteiger partial charge in [-0.1, -0.05) is 0 Å². The van der Waals surface area contributed by atoms with E-state index in [1.54, 1.807) is 6.92 Å². The minimum atomic E-state index is -2.71. The first-order chi connectivity index (χ1) is 6.97. The topological polar surface area (TPSA) is 39.2 Å². The summed E-state index contributed by atoms with van der Waals surface area (Å²) < 4.78 is 29.6. The van der Waals surface area contributed by atoms with E-state index in [0.29, 0.717) is 10.0 Å². The van der Waals surface area contributed by atoms with E-state index in [0.717, 1.165) is 0 Å². The predicted molar refractivity (Wildman–Crippen MR) is 53.0 cm³/mol. The van der Waals surface area contributed by atoms with Crippen LogP contribution >= 0.6 is 15.9 Å². The second-order valence-electron chi connectivity index (χ2n) is 2.82. The number of pyridine rings is 1. The monoisotopic (exact) mass is 279 g/mol. The van der Waals surface area contributed by atoms with Gasteiger partial charge in [0.05, 0.1) is 11.6 Å². The molecule has 3 nitrogen and oxygen atoms in total. The van der Waals surface area contributed by atoms with Crippen molar-refractivity contribution in [3.05, 3.63) is 27.5 Å². The third-order valence-electron chi connectivity index (χ3n) is 1.76. The normalized spacial score (nSPS) is 10.5. The first kappa shape index (κ1) is 12.0. The number of rotatable bonds is 2. The van der Waals surface area contributed by atoms with Crippen molar-refractivity contribution in [1.29, 1.82) is 0 Å². The van der Waals surface area contributed by atoms with Crippen molar-refractivity contribution in [2.45, 2.75) is 13.3 Å². The molecule has 0 aliphatic rings. The number of nitrogens with zero attached hydrogens (tertiary/aromatic N) is 1. The van der Waals surface area contributed by atoms with Crippen molar-refractivity contribution >= 4 is 21.9 Å². The Morgan fingerprint density at radius 2 is 2.20 bits per heavy atom. The molecule has 0 unspecified atom stereocenters. The van der Waals surface area contributed by atoms with Gasteiger partial charge in [0.1, 0.15) is 5.69 Å². The number of esters is 1. The zero-order valence-electron chi connectivity index (χ0n) is 8.05. The van der Waals surface area contributed by atoms with Gasteiger partial charge in [0, 0.05) is 0 Å². The fourth-order valence-electron chi connectivity index (χ4n) is 1.03. The fraction of sp³-hybridized carbons (Fsp3) is 0.333. The molecule has 0 aliphatic carbocycles. The van der Waals surface area contributed by atoms with Gasteiger partial charge in [0.25, 0.3) is 6.43 Å². The quantitative estimate of drug-likeness (QED) is 0.782. The molecule has 0 aliphatic heterocycles. The molecule has 0 saturated carbocycles. The molecule has 15 heavy (non-hydrogen) atoms. The number of carbonyl (C=O) groups is 1. The van der Waals surface area contributed by atoms with Crippen molar-refractivity contribution < 1.29 is 18.3 Å². The summed E-state index contributed by atoms with van der Waals surface area (Å²) in [7, 11) is 1.17. The molecule has 0 fully saturated rings. The maximum Gasteiger partial charge on any atom is 0.357 e. The standard InChI is InChI=1S/C9H8BrF2NO2/c1-4-3-5(8(11)12)13-7(6(4)10)9(14)15-2/h3,8H,1-2H3. The molecule has 1 aromatic heterocycles. The molecule has 0 radical (unpaired) electrons. The lowest BCUT2D eigenvalue weighted by molar-refractivity contribution is 0.0591. The van der Waals surface area contributed by atoms with Gasteiger partial charge in [-0.2, -0.15) is 0 Å². The van der Waals surface area contributed by atoms with Crippen LogP contribution in [0.2, 0.25) is 0 Å².